The minimum Gasteiger partial charge on any atom is -0.334 e. The van der Waals surface area contributed by atoms with Crippen LogP contribution in [-0.4, -0.2) is 37.8 Å². The Bertz CT molecular complexity index is 926. The molecule has 0 bridgehead atoms. The van der Waals surface area contributed by atoms with Crippen molar-refractivity contribution in [1.82, 2.24) is 15.0 Å². The van der Waals surface area contributed by atoms with Crippen LogP contribution in [0.1, 0.15) is 24.8 Å². The van der Waals surface area contributed by atoms with E-state index in [1.54, 1.807) is 18.5 Å². The summed E-state index contributed by atoms with van der Waals surface area (Å²) in [6, 6.07) is 7.46. The SMILES string of the molecule is O=C(NCc1cccnc1)Nc1ccc(S(=O)(=O)NC2CC(F)CCC2F)cc1. The maximum absolute atomic E-state index is 13.9. The van der Waals surface area contributed by atoms with E-state index in [9.17, 15) is 22.0 Å². The Morgan fingerprint density at radius 3 is 2.59 bits per heavy atom. The van der Waals surface area contributed by atoms with Crippen LogP contribution < -0.4 is 15.4 Å². The van der Waals surface area contributed by atoms with E-state index >= 15 is 0 Å². The van der Waals surface area contributed by atoms with Gasteiger partial charge in [0, 0.05) is 24.6 Å². The number of nitrogens with one attached hydrogen (secondary N) is 3. The molecule has 10 heteroatoms. The van der Waals surface area contributed by atoms with Crippen LogP contribution in [-0.2, 0) is 16.6 Å². The van der Waals surface area contributed by atoms with Gasteiger partial charge >= 0.3 is 6.03 Å². The average Bonchev–Trinajstić information content (AvgIpc) is 2.70. The second kappa shape index (κ2) is 9.27. The zero-order chi connectivity index (χ0) is 20.9. The van der Waals surface area contributed by atoms with Gasteiger partial charge in [-0.25, -0.2) is 26.7 Å². The molecule has 3 unspecified atom stereocenters. The number of hydrogen-bond donors (Lipinski definition) is 3. The van der Waals surface area contributed by atoms with Crippen LogP contribution in [0.15, 0.2) is 53.7 Å². The fourth-order valence-corrected chi connectivity index (χ4v) is 4.32. The molecule has 1 heterocycles. The number of nitrogens with zero attached hydrogens (tertiary/aromatic N) is 1. The van der Waals surface area contributed by atoms with Crippen LogP contribution in [0, 0.1) is 0 Å². The van der Waals surface area contributed by atoms with Crippen molar-refractivity contribution < 1.29 is 22.0 Å². The van der Waals surface area contributed by atoms with Gasteiger partial charge in [-0.15, -0.1) is 0 Å². The zero-order valence-corrected chi connectivity index (χ0v) is 16.3. The van der Waals surface area contributed by atoms with Gasteiger partial charge in [-0.3, -0.25) is 4.98 Å². The highest BCUT2D eigenvalue weighted by molar-refractivity contribution is 7.89. The van der Waals surface area contributed by atoms with Gasteiger partial charge in [-0.1, -0.05) is 6.07 Å². The molecule has 2 amide bonds. The van der Waals surface area contributed by atoms with Crippen molar-refractivity contribution in [3.63, 3.8) is 0 Å². The monoisotopic (exact) mass is 424 g/mol. The molecule has 3 atom stereocenters. The lowest BCUT2D eigenvalue weighted by Crippen LogP contribution is -2.45. The molecule has 0 aliphatic heterocycles. The number of benzene rings is 1. The van der Waals surface area contributed by atoms with Crippen LogP contribution in [0.25, 0.3) is 0 Å². The number of carbonyl (C=O) groups excluding carboxylic acids is 1. The second-order valence-corrected chi connectivity index (χ2v) is 8.56. The number of aromatic nitrogens is 1. The second-order valence-electron chi connectivity index (χ2n) is 6.85. The van der Waals surface area contributed by atoms with Crippen molar-refractivity contribution in [2.24, 2.45) is 0 Å². The quantitative estimate of drug-likeness (QED) is 0.664. The van der Waals surface area contributed by atoms with E-state index < -0.39 is 34.4 Å². The molecule has 0 spiro atoms. The molecule has 7 nitrogen and oxygen atoms in total. The van der Waals surface area contributed by atoms with E-state index in [2.05, 4.69) is 20.3 Å². The summed E-state index contributed by atoms with van der Waals surface area (Å²) in [5.41, 5.74) is 1.22. The van der Waals surface area contributed by atoms with Crippen molar-refractivity contribution >= 4 is 21.7 Å². The Kier molecular flexibility index (Phi) is 6.75. The molecule has 156 valence electrons. The summed E-state index contributed by atoms with van der Waals surface area (Å²) in [6.45, 7) is 0.289. The fraction of sp³-hybridized carbons (Fsp3) is 0.368. The Labute approximate surface area is 168 Å². The summed E-state index contributed by atoms with van der Waals surface area (Å²) >= 11 is 0. The van der Waals surface area contributed by atoms with Gasteiger partial charge in [0.05, 0.1) is 10.9 Å². The van der Waals surface area contributed by atoms with E-state index in [1.165, 1.54) is 24.3 Å². The molecular weight excluding hydrogens is 402 g/mol. The van der Waals surface area contributed by atoms with Crippen molar-refractivity contribution in [3.8, 4) is 0 Å². The third-order valence-electron chi connectivity index (χ3n) is 4.61. The van der Waals surface area contributed by atoms with E-state index in [1.807, 2.05) is 6.07 Å². The summed E-state index contributed by atoms with van der Waals surface area (Å²) in [7, 11) is -4.00. The molecule has 3 rings (SSSR count). The fourth-order valence-electron chi connectivity index (χ4n) is 3.05. The third kappa shape index (κ3) is 5.94. The van der Waals surface area contributed by atoms with Crippen LogP contribution in [0.5, 0.6) is 0 Å². The lowest BCUT2D eigenvalue weighted by Gasteiger charge is -2.28. The summed E-state index contributed by atoms with van der Waals surface area (Å²) in [6.07, 6.45) is 0.538. The van der Waals surface area contributed by atoms with Gasteiger partial charge in [0.15, 0.2) is 0 Å². The predicted octanol–water partition coefficient (Wildman–Crippen LogP) is 2.91. The van der Waals surface area contributed by atoms with Crippen LogP contribution in [0.2, 0.25) is 0 Å². The summed E-state index contributed by atoms with van der Waals surface area (Å²) < 4.78 is 54.5. The molecule has 2 aromatic rings. The van der Waals surface area contributed by atoms with E-state index in [0.29, 0.717) is 5.69 Å². The number of pyridine rings is 1. The van der Waals surface area contributed by atoms with E-state index in [0.717, 1.165) is 5.56 Å². The lowest BCUT2D eigenvalue weighted by atomic mass is 9.93. The van der Waals surface area contributed by atoms with Gasteiger partial charge in [0.2, 0.25) is 10.0 Å². The maximum Gasteiger partial charge on any atom is 0.319 e. The number of urea groups is 1. The molecule has 1 aliphatic carbocycles. The highest BCUT2D eigenvalue weighted by Crippen LogP contribution is 2.25. The van der Waals surface area contributed by atoms with Gasteiger partial charge in [-0.05, 0) is 55.2 Å². The van der Waals surface area contributed by atoms with Crippen molar-refractivity contribution in [3.05, 3.63) is 54.4 Å². The third-order valence-corrected chi connectivity index (χ3v) is 6.11. The number of sulfonamides is 1. The van der Waals surface area contributed by atoms with Crippen LogP contribution in [0.3, 0.4) is 0 Å². The molecular formula is C19H22F2N4O3S. The Morgan fingerprint density at radius 1 is 1.14 bits per heavy atom. The normalized spacial score (nSPS) is 22.1. The number of amides is 2. The van der Waals surface area contributed by atoms with Crippen molar-refractivity contribution in [1.29, 1.82) is 0 Å². The van der Waals surface area contributed by atoms with E-state index in [-0.39, 0.29) is 30.7 Å². The van der Waals surface area contributed by atoms with Gasteiger partial charge in [-0.2, -0.15) is 0 Å². The number of hydrogen-bond acceptors (Lipinski definition) is 4. The number of carbonyl (C=O) groups is 1. The Morgan fingerprint density at radius 2 is 1.90 bits per heavy atom. The first kappa shape index (κ1) is 21.1. The first-order valence-corrected chi connectivity index (χ1v) is 10.7. The number of anilines is 1. The largest absolute Gasteiger partial charge is 0.334 e. The molecule has 1 aromatic heterocycles. The predicted molar refractivity (Wildman–Crippen MR) is 104 cm³/mol. The molecule has 0 saturated heterocycles. The number of halogens is 2. The average molecular weight is 424 g/mol. The smallest absolute Gasteiger partial charge is 0.319 e. The zero-order valence-electron chi connectivity index (χ0n) is 15.5. The molecule has 29 heavy (non-hydrogen) atoms. The topological polar surface area (TPSA) is 100 Å². The van der Waals surface area contributed by atoms with Gasteiger partial charge < -0.3 is 10.6 Å². The minimum atomic E-state index is -4.00. The highest BCUT2D eigenvalue weighted by Gasteiger charge is 2.33. The summed E-state index contributed by atoms with van der Waals surface area (Å²) in [5, 5.41) is 5.25. The van der Waals surface area contributed by atoms with Crippen LogP contribution in [0.4, 0.5) is 19.3 Å². The summed E-state index contributed by atoms with van der Waals surface area (Å²) in [5.74, 6) is 0. The Balaban J connectivity index is 1.56. The number of alkyl halides is 2. The minimum absolute atomic E-state index is 0.00856. The molecule has 0 radical (unpaired) electrons. The molecule has 3 N–H and O–H groups in total. The molecule has 1 aliphatic rings. The standard InChI is InChI=1S/C19H22F2N4O3S/c20-14-3-8-17(21)18(10-14)25-29(27,28)16-6-4-15(5-7-16)24-19(26)23-12-13-2-1-9-22-11-13/h1-2,4-7,9,11,14,17-18,25H,3,8,10,12H2,(H2,23,24,26). The first-order valence-electron chi connectivity index (χ1n) is 9.18. The van der Waals surface area contributed by atoms with Crippen LogP contribution >= 0.6 is 0 Å². The molecule has 1 fully saturated rings. The molecule has 1 saturated carbocycles. The summed E-state index contributed by atoms with van der Waals surface area (Å²) in [4.78, 5) is 15.8. The van der Waals surface area contributed by atoms with Crippen molar-refractivity contribution in [2.75, 3.05) is 5.32 Å². The first-order chi connectivity index (χ1) is 13.8. The highest BCUT2D eigenvalue weighted by atomic mass is 32.2. The van der Waals surface area contributed by atoms with Gasteiger partial charge in [0.25, 0.3) is 0 Å². The lowest BCUT2D eigenvalue weighted by molar-refractivity contribution is 0.137. The maximum atomic E-state index is 13.9. The van der Waals surface area contributed by atoms with Crippen molar-refractivity contribution in [2.45, 2.75) is 49.1 Å². The Hall–Kier alpha value is -2.59. The molecule has 1 aromatic carbocycles. The van der Waals surface area contributed by atoms with Gasteiger partial charge in [0.1, 0.15) is 12.3 Å². The number of rotatable bonds is 6. The van der Waals surface area contributed by atoms with E-state index in [4.69, 9.17) is 0 Å².